The van der Waals surface area contributed by atoms with Crippen LogP contribution in [0.3, 0.4) is 0 Å². The fourth-order valence-electron chi connectivity index (χ4n) is 2.10. The van der Waals surface area contributed by atoms with Crippen LogP contribution in [0.5, 0.6) is 0 Å². The highest BCUT2D eigenvalue weighted by Crippen LogP contribution is 2.08. The maximum Gasteiger partial charge on any atom is 0.234 e. The van der Waals surface area contributed by atoms with Crippen LogP contribution in [-0.2, 0) is 4.79 Å². The zero-order chi connectivity index (χ0) is 13.6. The number of nitrogens with zero attached hydrogens (tertiary/aromatic N) is 2. The molecule has 0 saturated carbocycles. The van der Waals surface area contributed by atoms with E-state index in [9.17, 15) is 9.90 Å². The van der Waals surface area contributed by atoms with Crippen LogP contribution >= 0.6 is 0 Å². The molecule has 1 saturated heterocycles. The van der Waals surface area contributed by atoms with Crippen molar-refractivity contribution in [3.8, 4) is 0 Å². The van der Waals surface area contributed by atoms with E-state index in [1.165, 1.54) is 0 Å². The summed E-state index contributed by atoms with van der Waals surface area (Å²) in [5.41, 5.74) is -0.649. The Morgan fingerprint density at radius 3 is 2.39 bits per heavy atom. The highest BCUT2D eigenvalue weighted by Gasteiger charge is 2.23. The summed E-state index contributed by atoms with van der Waals surface area (Å²) in [6.07, 6.45) is 1.68. The predicted octanol–water partition coefficient (Wildman–Crippen LogP) is -0.323. The van der Waals surface area contributed by atoms with Crippen LogP contribution in [-0.4, -0.2) is 72.2 Å². The number of hydrogen-bond donors (Lipinski definition) is 2. The molecule has 1 amide bonds. The molecule has 0 aromatic heterocycles. The quantitative estimate of drug-likeness (QED) is 0.639. The number of hydrogen-bond acceptors (Lipinski definition) is 4. The molecule has 1 aliphatic heterocycles. The Labute approximate surface area is 109 Å². The second-order valence-electron chi connectivity index (χ2n) is 5.46. The Balaban J connectivity index is 2.23. The number of carbonyl (C=O) groups is 1. The molecule has 0 spiro atoms. The number of amides is 1. The molecule has 0 bridgehead atoms. The van der Waals surface area contributed by atoms with E-state index in [-0.39, 0.29) is 5.91 Å². The molecule has 5 heteroatoms. The summed E-state index contributed by atoms with van der Waals surface area (Å²) in [6, 6.07) is 0. The lowest BCUT2D eigenvalue weighted by Gasteiger charge is -2.36. The van der Waals surface area contributed by atoms with Gasteiger partial charge < -0.3 is 10.4 Å². The average Bonchev–Trinajstić information content (AvgIpc) is 2.27. The van der Waals surface area contributed by atoms with Crippen LogP contribution in [0, 0.1) is 0 Å². The van der Waals surface area contributed by atoms with E-state index in [2.05, 4.69) is 21.7 Å². The van der Waals surface area contributed by atoms with Gasteiger partial charge in [-0.2, -0.15) is 0 Å². The van der Waals surface area contributed by atoms with Crippen molar-refractivity contribution in [2.45, 2.75) is 19.4 Å². The van der Waals surface area contributed by atoms with Crippen molar-refractivity contribution in [2.24, 2.45) is 0 Å². The average molecular weight is 255 g/mol. The molecule has 0 radical (unpaired) electrons. The molecule has 5 nitrogen and oxygen atoms in total. The van der Waals surface area contributed by atoms with Gasteiger partial charge in [0.15, 0.2) is 0 Å². The van der Waals surface area contributed by atoms with E-state index in [4.69, 9.17) is 0 Å². The molecule has 2 N–H and O–H groups in total. The highest BCUT2D eigenvalue weighted by atomic mass is 16.3. The van der Waals surface area contributed by atoms with Gasteiger partial charge in [-0.05, 0) is 13.8 Å². The van der Waals surface area contributed by atoms with Gasteiger partial charge >= 0.3 is 0 Å². The van der Waals surface area contributed by atoms with E-state index >= 15 is 0 Å². The minimum absolute atomic E-state index is 0.0471. The lowest BCUT2D eigenvalue weighted by atomic mass is 10.1. The zero-order valence-corrected chi connectivity index (χ0v) is 11.5. The van der Waals surface area contributed by atoms with Crippen molar-refractivity contribution in [1.29, 1.82) is 0 Å². The lowest BCUT2D eigenvalue weighted by Crippen LogP contribution is -2.52. The van der Waals surface area contributed by atoms with Gasteiger partial charge in [0.2, 0.25) is 5.91 Å². The maximum absolute atomic E-state index is 11.5. The van der Waals surface area contributed by atoms with Gasteiger partial charge in [-0.15, -0.1) is 6.58 Å². The van der Waals surface area contributed by atoms with Crippen molar-refractivity contribution in [3.63, 3.8) is 0 Å². The second-order valence-corrected chi connectivity index (χ2v) is 5.46. The molecular formula is C13H25N3O2. The van der Waals surface area contributed by atoms with Crippen molar-refractivity contribution in [1.82, 2.24) is 15.1 Å². The van der Waals surface area contributed by atoms with Crippen LogP contribution in [0.25, 0.3) is 0 Å². The first-order chi connectivity index (χ1) is 8.40. The lowest BCUT2D eigenvalue weighted by molar-refractivity contribution is -0.122. The minimum atomic E-state index is -0.649. The van der Waals surface area contributed by atoms with E-state index in [0.29, 0.717) is 19.6 Å². The number of β-amino-alcohol motifs (C(OH)–C–C–N with tert-alkyl or cyclic N) is 1. The number of rotatable bonds is 6. The minimum Gasteiger partial charge on any atom is -0.389 e. The maximum atomic E-state index is 11.5. The molecule has 104 valence electrons. The number of nitrogens with one attached hydrogen (secondary N) is 1. The molecular weight excluding hydrogens is 230 g/mol. The monoisotopic (exact) mass is 255 g/mol. The summed E-state index contributed by atoms with van der Waals surface area (Å²) in [6.45, 7) is 12.4. The summed E-state index contributed by atoms with van der Waals surface area (Å²) >= 11 is 0. The van der Waals surface area contributed by atoms with E-state index in [1.54, 1.807) is 6.08 Å². The Morgan fingerprint density at radius 1 is 1.33 bits per heavy atom. The van der Waals surface area contributed by atoms with Gasteiger partial charge in [-0.3, -0.25) is 14.6 Å². The molecule has 0 atom stereocenters. The van der Waals surface area contributed by atoms with Gasteiger partial charge in [0, 0.05) is 39.3 Å². The number of piperazine rings is 1. The summed E-state index contributed by atoms with van der Waals surface area (Å²) in [4.78, 5) is 15.9. The molecule has 0 aliphatic carbocycles. The van der Waals surface area contributed by atoms with Gasteiger partial charge in [0.05, 0.1) is 12.1 Å². The topological polar surface area (TPSA) is 55.8 Å². The SMILES string of the molecule is C=CCNC(=O)CN1CCN(CC(C)(C)O)CC1. The third kappa shape index (κ3) is 6.14. The largest absolute Gasteiger partial charge is 0.389 e. The summed E-state index contributed by atoms with van der Waals surface area (Å²) in [7, 11) is 0. The molecule has 1 aliphatic rings. The van der Waals surface area contributed by atoms with E-state index in [1.807, 2.05) is 13.8 Å². The third-order valence-electron chi connectivity index (χ3n) is 2.89. The Bertz CT molecular complexity index is 278. The standard InChI is InChI=1S/C13H25N3O2/c1-4-5-14-12(17)10-15-6-8-16(9-7-15)11-13(2,3)18/h4,18H,1,5-11H2,2-3H3,(H,14,17). The molecule has 1 heterocycles. The molecule has 1 rings (SSSR count). The zero-order valence-electron chi connectivity index (χ0n) is 11.5. The molecule has 0 aromatic carbocycles. The second kappa shape index (κ2) is 6.87. The normalized spacial score (nSPS) is 18.6. The fraction of sp³-hybridized carbons (Fsp3) is 0.769. The molecule has 1 fully saturated rings. The Hall–Kier alpha value is -0.910. The first kappa shape index (κ1) is 15.1. The predicted molar refractivity (Wildman–Crippen MR) is 72.4 cm³/mol. The number of aliphatic hydroxyl groups is 1. The van der Waals surface area contributed by atoms with Crippen molar-refractivity contribution < 1.29 is 9.90 Å². The Morgan fingerprint density at radius 2 is 1.89 bits per heavy atom. The highest BCUT2D eigenvalue weighted by molar-refractivity contribution is 5.78. The molecule has 0 unspecified atom stereocenters. The first-order valence-electron chi connectivity index (χ1n) is 6.45. The molecule has 18 heavy (non-hydrogen) atoms. The van der Waals surface area contributed by atoms with Crippen molar-refractivity contribution in [3.05, 3.63) is 12.7 Å². The summed E-state index contributed by atoms with van der Waals surface area (Å²) < 4.78 is 0. The van der Waals surface area contributed by atoms with Crippen LogP contribution in [0.2, 0.25) is 0 Å². The summed E-state index contributed by atoms with van der Waals surface area (Å²) in [5, 5.41) is 12.5. The van der Waals surface area contributed by atoms with Gasteiger partial charge in [0.1, 0.15) is 0 Å². The van der Waals surface area contributed by atoms with E-state index in [0.717, 1.165) is 26.2 Å². The van der Waals surface area contributed by atoms with Gasteiger partial charge in [-0.1, -0.05) is 6.08 Å². The first-order valence-corrected chi connectivity index (χ1v) is 6.45. The van der Waals surface area contributed by atoms with Crippen molar-refractivity contribution in [2.75, 3.05) is 45.8 Å². The fourth-order valence-corrected chi connectivity index (χ4v) is 2.10. The number of carbonyl (C=O) groups excluding carboxylic acids is 1. The summed E-state index contributed by atoms with van der Waals surface area (Å²) in [5.74, 6) is 0.0471. The van der Waals surface area contributed by atoms with Crippen molar-refractivity contribution >= 4 is 5.91 Å². The van der Waals surface area contributed by atoms with E-state index < -0.39 is 5.60 Å². The van der Waals surface area contributed by atoms with Crippen LogP contribution in [0.4, 0.5) is 0 Å². The van der Waals surface area contributed by atoms with Gasteiger partial charge in [-0.25, -0.2) is 0 Å². The van der Waals surface area contributed by atoms with Crippen LogP contribution in [0.15, 0.2) is 12.7 Å². The van der Waals surface area contributed by atoms with Crippen LogP contribution in [0.1, 0.15) is 13.8 Å². The van der Waals surface area contributed by atoms with Gasteiger partial charge in [0.25, 0.3) is 0 Å². The Kier molecular flexibility index (Phi) is 5.78. The third-order valence-corrected chi connectivity index (χ3v) is 2.89. The molecule has 0 aromatic rings. The van der Waals surface area contributed by atoms with Crippen LogP contribution < -0.4 is 5.32 Å². The smallest absolute Gasteiger partial charge is 0.234 e.